The Morgan fingerprint density at radius 3 is 2.85 bits per heavy atom. The molecule has 0 radical (unpaired) electrons. The summed E-state index contributed by atoms with van der Waals surface area (Å²) in [4.78, 5) is 12.5. The van der Waals surface area contributed by atoms with Crippen LogP contribution in [0.5, 0.6) is 0 Å². The van der Waals surface area contributed by atoms with Gasteiger partial charge in [0.15, 0.2) is 5.82 Å². The van der Waals surface area contributed by atoms with Gasteiger partial charge in [-0.2, -0.15) is 5.10 Å². The Bertz CT molecular complexity index is 1020. The Morgan fingerprint density at radius 2 is 2.12 bits per heavy atom. The lowest BCUT2D eigenvalue weighted by Gasteiger charge is -2.06. The van der Waals surface area contributed by atoms with Crippen LogP contribution in [0.4, 0.5) is 15.9 Å². The van der Waals surface area contributed by atoms with Crippen molar-refractivity contribution >= 4 is 28.3 Å². The fraction of sp³-hybridized carbons (Fsp3) is 0.100. The van der Waals surface area contributed by atoms with Gasteiger partial charge in [0.2, 0.25) is 0 Å². The number of carbonyl (C=O) groups excluding carboxylic acids is 1. The minimum absolute atomic E-state index is 0.284. The predicted molar refractivity (Wildman–Crippen MR) is 103 cm³/mol. The summed E-state index contributed by atoms with van der Waals surface area (Å²) in [7, 11) is 0. The number of aromatic nitrogens is 2. The summed E-state index contributed by atoms with van der Waals surface area (Å²) < 4.78 is 13.0. The number of aromatic amines is 1. The molecule has 6 heteroatoms. The van der Waals surface area contributed by atoms with Gasteiger partial charge in [-0.05, 0) is 54.8 Å². The quantitative estimate of drug-likeness (QED) is 0.472. The van der Waals surface area contributed by atoms with Gasteiger partial charge >= 0.3 is 0 Å². The molecule has 3 aromatic rings. The number of hydrogen-bond acceptors (Lipinski definition) is 3. The van der Waals surface area contributed by atoms with Crippen LogP contribution < -0.4 is 11.1 Å². The van der Waals surface area contributed by atoms with E-state index in [2.05, 4.69) is 22.1 Å². The monoisotopic (exact) mass is 350 g/mol. The second-order valence-electron chi connectivity index (χ2n) is 6.06. The van der Waals surface area contributed by atoms with E-state index in [0.717, 1.165) is 16.5 Å². The molecule has 0 bridgehead atoms. The number of para-hydroxylation sites is 1. The van der Waals surface area contributed by atoms with Crippen LogP contribution in [-0.2, 0) is 6.42 Å². The maximum absolute atomic E-state index is 13.0. The smallest absolute Gasteiger partial charge is 0.258 e. The van der Waals surface area contributed by atoms with E-state index in [-0.39, 0.29) is 11.7 Å². The molecule has 0 unspecified atom stereocenters. The first kappa shape index (κ1) is 17.4. The summed E-state index contributed by atoms with van der Waals surface area (Å²) in [6.45, 7) is 5.24. The van der Waals surface area contributed by atoms with Gasteiger partial charge in [-0.15, -0.1) is 0 Å². The number of anilines is 2. The second-order valence-corrected chi connectivity index (χ2v) is 6.06. The molecule has 0 saturated heterocycles. The molecular weight excluding hydrogens is 331 g/mol. The predicted octanol–water partition coefficient (Wildman–Crippen LogP) is 4.37. The van der Waals surface area contributed by atoms with Crippen molar-refractivity contribution in [3.05, 3.63) is 77.6 Å². The minimum atomic E-state index is -0.331. The van der Waals surface area contributed by atoms with E-state index >= 15 is 0 Å². The van der Waals surface area contributed by atoms with E-state index in [0.29, 0.717) is 29.1 Å². The van der Waals surface area contributed by atoms with Crippen LogP contribution >= 0.6 is 0 Å². The molecule has 1 amide bonds. The van der Waals surface area contributed by atoms with Crippen LogP contribution in [0, 0.1) is 0 Å². The largest absolute Gasteiger partial charge is 0.398 e. The van der Waals surface area contributed by atoms with Crippen LogP contribution in [-0.4, -0.2) is 16.1 Å². The van der Waals surface area contributed by atoms with Crippen LogP contribution in [0.15, 0.2) is 66.5 Å². The zero-order chi connectivity index (χ0) is 18.7. The fourth-order valence-electron chi connectivity index (χ4n) is 2.74. The molecule has 0 spiro atoms. The molecule has 4 N–H and O–H groups in total. The van der Waals surface area contributed by atoms with Crippen LogP contribution in [0.25, 0.3) is 10.9 Å². The number of amides is 1. The fourth-order valence-corrected chi connectivity index (χ4v) is 2.74. The molecular formula is C20H19FN4O. The minimum Gasteiger partial charge on any atom is -0.398 e. The van der Waals surface area contributed by atoms with E-state index in [1.54, 1.807) is 24.3 Å². The third-order valence-electron chi connectivity index (χ3n) is 3.90. The zero-order valence-electron chi connectivity index (χ0n) is 14.3. The van der Waals surface area contributed by atoms with Crippen LogP contribution in [0.1, 0.15) is 22.8 Å². The van der Waals surface area contributed by atoms with Crippen molar-refractivity contribution in [3.63, 3.8) is 0 Å². The zero-order valence-corrected chi connectivity index (χ0v) is 14.3. The third kappa shape index (κ3) is 3.80. The molecule has 0 aliphatic rings. The summed E-state index contributed by atoms with van der Waals surface area (Å²) in [5.41, 5.74) is 9.02. The number of nitrogens with zero attached hydrogens (tertiary/aromatic N) is 1. The number of H-pyrrole nitrogens is 1. The van der Waals surface area contributed by atoms with Crippen LogP contribution in [0.3, 0.4) is 0 Å². The van der Waals surface area contributed by atoms with Gasteiger partial charge in [0.25, 0.3) is 5.91 Å². The number of fused-ring (bicyclic) bond motifs is 1. The standard InChI is InChI=1S/C20H19FN4O/c1-12(9-13(2)21)10-14-7-8-18-16(11-14)19(25-24-18)23-20(26)15-5-3-4-6-17(15)22/h3-9,11H,1,10,22H2,2H3,(H2,23,24,25,26)/b13-9+. The van der Waals surface area contributed by atoms with Gasteiger partial charge in [0, 0.05) is 11.1 Å². The third-order valence-corrected chi connectivity index (χ3v) is 3.90. The first-order chi connectivity index (χ1) is 12.4. The summed E-state index contributed by atoms with van der Waals surface area (Å²) in [5.74, 6) is -0.201. The number of nitrogen functional groups attached to an aromatic ring is 1. The number of halogens is 1. The Hall–Kier alpha value is -3.41. The average Bonchev–Trinajstić information content (AvgIpc) is 2.96. The topological polar surface area (TPSA) is 83.8 Å². The van der Waals surface area contributed by atoms with E-state index in [1.165, 1.54) is 13.0 Å². The highest BCUT2D eigenvalue weighted by Gasteiger charge is 2.13. The van der Waals surface area contributed by atoms with E-state index in [4.69, 9.17) is 5.73 Å². The molecule has 3 rings (SSSR count). The molecule has 1 aromatic heterocycles. The molecule has 2 aromatic carbocycles. The van der Waals surface area contributed by atoms with Gasteiger partial charge < -0.3 is 11.1 Å². The van der Waals surface area contributed by atoms with Gasteiger partial charge in [-0.3, -0.25) is 9.89 Å². The van der Waals surface area contributed by atoms with Crippen molar-refractivity contribution in [3.8, 4) is 0 Å². The van der Waals surface area contributed by atoms with Crippen molar-refractivity contribution in [2.45, 2.75) is 13.3 Å². The number of benzene rings is 2. The Morgan fingerprint density at radius 1 is 1.35 bits per heavy atom. The van der Waals surface area contributed by atoms with Gasteiger partial charge in [-0.25, -0.2) is 4.39 Å². The number of carbonyl (C=O) groups is 1. The summed E-state index contributed by atoms with van der Waals surface area (Å²) in [6.07, 6.45) is 1.90. The first-order valence-corrected chi connectivity index (χ1v) is 8.08. The molecule has 0 aliphatic carbocycles. The molecule has 132 valence electrons. The van der Waals surface area contributed by atoms with E-state index in [1.807, 2.05) is 18.2 Å². The summed E-state index contributed by atoms with van der Waals surface area (Å²) in [6, 6.07) is 12.5. The van der Waals surface area contributed by atoms with Crippen molar-refractivity contribution in [1.82, 2.24) is 10.2 Å². The number of hydrogen-bond donors (Lipinski definition) is 3. The number of nitrogens with two attached hydrogens (primary N) is 1. The maximum atomic E-state index is 13.0. The van der Waals surface area contributed by atoms with Gasteiger partial charge in [0.1, 0.15) is 0 Å². The molecule has 1 heterocycles. The lowest BCUT2D eigenvalue weighted by Crippen LogP contribution is -2.14. The van der Waals surface area contributed by atoms with Crippen molar-refractivity contribution < 1.29 is 9.18 Å². The van der Waals surface area contributed by atoms with Crippen LogP contribution in [0.2, 0.25) is 0 Å². The van der Waals surface area contributed by atoms with Crippen molar-refractivity contribution in [2.75, 3.05) is 11.1 Å². The molecule has 0 saturated carbocycles. The second kappa shape index (κ2) is 7.23. The highest BCUT2D eigenvalue weighted by molar-refractivity contribution is 6.10. The SMILES string of the molecule is C=C(/C=C(\C)F)Cc1ccc2[nH]nc(NC(=O)c3ccccc3N)c2c1. The maximum Gasteiger partial charge on any atom is 0.258 e. The molecule has 0 aliphatic heterocycles. The van der Waals surface area contributed by atoms with Gasteiger partial charge in [-0.1, -0.05) is 24.8 Å². The lowest BCUT2D eigenvalue weighted by atomic mass is 10.0. The Balaban J connectivity index is 1.86. The normalized spacial score (nSPS) is 11.5. The van der Waals surface area contributed by atoms with Crippen molar-refractivity contribution in [2.24, 2.45) is 0 Å². The summed E-state index contributed by atoms with van der Waals surface area (Å²) >= 11 is 0. The highest BCUT2D eigenvalue weighted by atomic mass is 19.1. The molecule has 5 nitrogen and oxygen atoms in total. The Labute approximate surface area is 150 Å². The number of nitrogens with one attached hydrogen (secondary N) is 2. The molecule has 0 fully saturated rings. The molecule has 26 heavy (non-hydrogen) atoms. The van der Waals surface area contributed by atoms with Gasteiger partial charge in [0.05, 0.1) is 16.9 Å². The van der Waals surface area contributed by atoms with Crippen molar-refractivity contribution in [1.29, 1.82) is 0 Å². The lowest BCUT2D eigenvalue weighted by molar-refractivity contribution is 0.102. The number of rotatable bonds is 5. The van der Waals surface area contributed by atoms with E-state index < -0.39 is 0 Å². The highest BCUT2D eigenvalue weighted by Crippen LogP contribution is 2.24. The first-order valence-electron chi connectivity index (χ1n) is 8.08. The molecule has 0 atom stereocenters. The van der Waals surface area contributed by atoms with E-state index in [9.17, 15) is 9.18 Å². The summed E-state index contributed by atoms with van der Waals surface area (Å²) in [5, 5.41) is 10.6. The number of allylic oxidation sites excluding steroid dienone is 3. The Kier molecular flexibility index (Phi) is 4.84. The average molecular weight is 350 g/mol.